The molecule has 1 nitrogen and oxygen atoms in total. The van der Waals surface area contributed by atoms with E-state index in [1.54, 1.807) is 11.3 Å². The summed E-state index contributed by atoms with van der Waals surface area (Å²) in [7, 11) is 0. The maximum Gasteiger partial charge on any atom is 0.0817 e. The highest BCUT2D eigenvalue weighted by Crippen LogP contribution is 2.32. The molecular weight excluding hydrogens is 262 g/mol. The van der Waals surface area contributed by atoms with Crippen LogP contribution in [0, 0.1) is 0 Å². The topological polar surface area (TPSA) is 12.9 Å². The molecule has 0 saturated carbocycles. The van der Waals surface area contributed by atoms with Crippen LogP contribution in [0.15, 0.2) is 59.4 Å². The van der Waals surface area contributed by atoms with Crippen LogP contribution in [-0.2, 0) is 0 Å². The van der Waals surface area contributed by atoms with E-state index in [0.29, 0.717) is 0 Å². The minimum absolute atomic E-state index is 0.751. The van der Waals surface area contributed by atoms with Gasteiger partial charge in [-0.3, -0.25) is 0 Å². The molecule has 0 aliphatic heterocycles. The lowest BCUT2D eigenvalue weighted by atomic mass is 9.98. The van der Waals surface area contributed by atoms with E-state index in [9.17, 15) is 0 Å². The first-order valence-corrected chi connectivity index (χ1v) is 6.90. The Morgan fingerprint density at radius 1 is 0.944 bits per heavy atom. The van der Waals surface area contributed by atoms with Crippen LogP contribution in [0.1, 0.15) is 0 Å². The zero-order chi connectivity index (χ0) is 12.4. The molecule has 3 aromatic rings. The molecule has 0 fully saturated rings. The van der Waals surface area contributed by atoms with Crippen molar-refractivity contribution in [3.05, 3.63) is 64.4 Å². The average Bonchev–Trinajstić information content (AvgIpc) is 2.92. The lowest BCUT2D eigenvalue weighted by Gasteiger charge is -2.08. The van der Waals surface area contributed by atoms with E-state index in [4.69, 9.17) is 11.6 Å². The maximum atomic E-state index is 6.06. The van der Waals surface area contributed by atoms with Crippen LogP contribution in [0.4, 0.5) is 0 Å². The van der Waals surface area contributed by atoms with Gasteiger partial charge in [0.1, 0.15) is 0 Å². The van der Waals surface area contributed by atoms with Gasteiger partial charge in [0.2, 0.25) is 0 Å². The van der Waals surface area contributed by atoms with Crippen LogP contribution in [-0.4, -0.2) is 4.98 Å². The van der Waals surface area contributed by atoms with Crippen molar-refractivity contribution in [2.24, 2.45) is 0 Å². The largest absolute Gasteiger partial charge is 0.245 e. The zero-order valence-electron chi connectivity index (χ0n) is 9.51. The standard InChI is InChI=1S/C15H10ClNS/c16-12-5-3-4-11(8-12)13-6-1-2-7-14(13)15-9-18-10-17-15/h1-10H. The molecule has 88 valence electrons. The SMILES string of the molecule is Clc1cccc(-c2ccccc2-c2cscn2)c1. The molecule has 0 N–H and O–H groups in total. The van der Waals surface area contributed by atoms with Crippen LogP contribution in [0.3, 0.4) is 0 Å². The summed E-state index contributed by atoms with van der Waals surface area (Å²) >= 11 is 7.66. The normalized spacial score (nSPS) is 10.5. The molecule has 0 aliphatic rings. The van der Waals surface area contributed by atoms with Crippen LogP contribution >= 0.6 is 22.9 Å². The lowest BCUT2D eigenvalue weighted by molar-refractivity contribution is 1.41. The second-order valence-electron chi connectivity index (χ2n) is 3.93. The first kappa shape index (κ1) is 11.5. The summed E-state index contributed by atoms with van der Waals surface area (Å²) in [6.45, 7) is 0. The summed E-state index contributed by atoms with van der Waals surface area (Å²) in [4.78, 5) is 4.38. The predicted octanol–water partition coefficient (Wildman–Crippen LogP) is 5.13. The highest BCUT2D eigenvalue weighted by molar-refractivity contribution is 7.07. The lowest BCUT2D eigenvalue weighted by Crippen LogP contribution is -1.84. The van der Waals surface area contributed by atoms with Crippen LogP contribution in [0.25, 0.3) is 22.4 Å². The Morgan fingerprint density at radius 3 is 2.50 bits per heavy atom. The number of hydrogen-bond donors (Lipinski definition) is 0. The summed E-state index contributed by atoms with van der Waals surface area (Å²) < 4.78 is 0. The second-order valence-corrected chi connectivity index (χ2v) is 5.08. The van der Waals surface area contributed by atoms with Gasteiger partial charge in [-0.15, -0.1) is 11.3 Å². The number of benzene rings is 2. The van der Waals surface area contributed by atoms with E-state index in [0.717, 1.165) is 27.4 Å². The van der Waals surface area contributed by atoms with Gasteiger partial charge in [0.25, 0.3) is 0 Å². The van der Waals surface area contributed by atoms with Gasteiger partial charge < -0.3 is 0 Å². The van der Waals surface area contributed by atoms with Gasteiger partial charge in [-0.05, 0) is 23.3 Å². The number of halogens is 1. The highest BCUT2D eigenvalue weighted by Gasteiger charge is 2.08. The molecule has 0 aliphatic carbocycles. The molecule has 3 heteroatoms. The van der Waals surface area contributed by atoms with E-state index in [2.05, 4.69) is 28.6 Å². The molecule has 2 aromatic carbocycles. The summed E-state index contributed by atoms with van der Waals surface area (Å²) in [5.74, 6) is 0. The van der Waals surface area contributed by atoms with Crippen LogP contribution < -0.4 is 0 Å². The number of thiazole rings is 1. The Bertz CT molecular complexity index is 662. The Hall–Kier alpha value is -1.64. The van der Waals surface area contributed by atoms with Crippen LogP contribution in [0.5, 0.6) is 0 Å². The fourth-order valence-electron chi connectivity index (χ4n) is 1.96. The van der Waals surface area contributed by atoms with E-state index >= 15 is 0 Å². The van der Waals surface area contributed by atoms with Crippen molar-refractivity contribution < 1.29 is 0 Å². The van der Waals surface area contributed by atoms with Crippen LogP contribution in [0.2, 0.25) is 5.02 Å². The molecule has 0 amide bonds. The molecule has 0 saturated heterocycles. The van der Waals surface area contributed by atoms with Crippen molar-refractivity contribution >= 4 is 22.9 Å². The third-order valence-electron chi connectivity index (χ3n) is 2.77. The Kier molecular flexibility index (Phi) is 3.13. The smallest absolute Gasteiger partial charge is 0.0817 e. The quantitative estimate of drug-likeness (QED) is 0.630. The molecule has 1 aromatic heterocycles. The molecule has 3 rings (SSSR count). The van der Waals surface area contributed by atoms with Gasteiger partial charge in [0, 0.05) is 16.0 Å². The third kappa shape index (κ3) is 2.17. The third-order valence-corrected chi connectivity index (χ3v) is 3.59. The van der Waals surface area contributed by atoms with E-state index in [1.807, 2.05) is 35.8 Å². The summed E-state index contributed by atoms with van der Waals surface area (Å²) in [6.07, 6.45) is 0. The van der Waals surface area contributed by atoms with Crippen molar-refractivity contribution in [1.82, 2.24) is 4.98 Å². The molecule has 1 heterocycles. The predicted molar refractivity (Wildman–Crippen MR) is 78.0 cm³/mol. The van der Waals surface area contributed by atoms with Crippen molar-refractivity contribution in [2.45, 2.75) is 0 Å². The number of nitrogens with zero attached hydrogens (tertiary/aromatic N) is 1. The first-order valence-electron chi connectivity index (χ1n) is 5.58. The zero-order valence-corrected chi connectivity index (χ0v) is 11.1. The minimum atomic E-state index is 0.751. The van der Waals surface area contributed by atoms with Crippen molar-refractivity contribution in [3.63, 3.8) is 0 Å². The average molecular weight is 272 g/mol. The Balaban J connectivity index is 2.18. The Labute approximate surface area is 115 Å². The number of rotatable bonds is 2. The van der Waals surface area contributed by atoms with Gasteiger partial charge in [-0.25, -0.2) is 4.98 Å². The molecular formula is C15H10ClNS. The fourth-order valence-corrected chi connectivity index (χ4v) is 2.70. The molecule has 0 unspecified atom stereocenters. The number of aromatic nitrogens is 1. The van der Waals surface area contributed by atoms with E-state index in [1.165, 1.54) is 0 Å². The number of hydrogen-bond acceptors (Lipinski definition) is 2. The minimum Gasteiger partial charge on any atom is -0.245 e. The Morgan fingerprint density at radius 2 is 1.78 bits per heavy atom. The second kappa shape index (κ2) is 4.92. The summed E-state index contributed by atoms with van der Waals surface area (Å²) in [5, 5.41) is 2.81. The van der Waals surface area contributed by atoms with Gasteiger partial charge >= 0.3 is 0 Å². The monoisotopic (exact) mass is 271 g/mol. The maximum absolute atomic E-state index is 6.06. The summed E-state index contributed by atoms with van der Waals surface area (Å²) in [5.41, 5.74) is 6.28. The van der Waals surface area contributed by atoms with E-state index < -0.39 is 0 Å². The van der Waals surface area contributed by atoms with Gasteiger partial charge in [-0.2, -0.15) is 0 Å². The summed E-state index contributed by atoms with van der Waals surface area (Å²) in [6, 6.07) is 16.1. The van der Waals surface area contributed by atoms with E-state index in [-0.39, 0.29) is 0 Å². The van der Waals surface area contributed by atoms with Gasteiger partial charge in [0.15, 0.2) is 0 Å². The molecule has 0 atom stereocenters. The van der Waals surface area contributed by atoms with Crippen molar-refractivity contribution in [1.29, 1.82) is 0 Å². The molecule has 0 bridgehead atoms. The molecule has 0 spiro atoms. The van der Waals surface area contributed by atoms with Crippen molar-refractivity contribution in [3.8, 4) is 22.4 Å². The first-order chi connectivity index (χ1) is 8.84. The highest BCUT2D eigenvalue weighted by atomic mass is 35.5. The molecule has 18 heavy (non-hydrogen) atoms. The van der Waals surface area contributed by atoms with Gasteiger partial charge in [-0.1, -0.05) is 48.0 Å². The molecule has 0 radical (unpaired) electrons. The van der Waals surface area contributed by atoms with Crippen molar-refractivity contribution in [2.75, 3.05) is 0 Å². The fraction of sp³-hybridized carbons (Fsp3) is 0. The van der Waals surface area contributed by atoms with Gasteiger partial charge in [0.05, 0.1) is 11.2 Å².